The quantitative estimate of drug-likeness (QED) is 0.186. The van der Waals surface area contributed by atoms with Crippen molar-refractivity contribution in [3.63, 3.8) is 0 Å². The van der Waals surface area contributed by atoms with E-state index in [1.54, 1.807) is 64.9 Å². The van der Waals surface area contributed by atoms with E-state index in [0.29, 0.717) is 6.42 Å². The summed E-state index contributed by atoms with van der Waals surface area (Å²) in [5.41, 5.74) is -1.48. The minimum absolute atomic E-state index is 0.00772. The van der Waals surface area contributed by atoms with Gasteiger partial charge in [0.1, 0.15) is 42.9 Å². The van der Waals surface area contributed by atoms with Crippen molar-refractivity contribution in [3.8, 4) is 0 Å². The molecule has 3 aliphatic rings. The van der Waals surface area contributed by atoms with E-state index in [1.165, 1.54) is 14.0 Å². The largest absolute Gasteiger partial charge is 0.462 e. The van der Waals surface area contributed by atoms with Gasteiger partial charge in [0.15, 0.2) is 12.6 Å². The molecule has 3 rings (SSSR count). The molecule has 0 amide bonds. The smallest absolute Gasteiger partial charge is 0.309 e. The monoisotopic (exact) mass is 757 g/mol. The third-order valence-corrected chi connectivity index (χ3v) is 10.4. The predicted octanol–water partition coefficient (Wildman–Crippen LogP) is 1.81. The van der Waals surface area contributed by atoms with Gasteiger partial charge >= 0.3 is 11.9 Å². The zero-order chi connectivity index (χ0) is 39.6. The fourth-order valence-corrected chi connectivity index (χ4v) is 7.38. The van der Waals surface area contributed by atoms with Gasteiger partial charge in [0.25, 0.3) is 0 Å². The average molecular weight is 758 g/mol. The van der Waals surface area contributed by atoms with Gasteiger partial charge in [0.2, 0.25) is 0 Å². The molecule has 0 aromatic heterocycles. The van der Waals surface area contributed by atoms with Crippen LogP contribution in [0.25, 0.3) is 0 Å². The van der Waals surface area contributed by atoms with Crippen molar-refractivity contribution >= 4 is 18.2 Å². The number of cyclic esters (lactones) is 1. The molecule has 0 unspecified atom stereocenters. The minimum Gasteiger partial charge on any atom is -0.462 e. The first-order valence-corrected chi connectivity index (χ1v) is 18.7. The lowest BCUT2D eigenvalue weighted by atomic mass is 9.82. The number of allylic oxidation sites excluding steroid dienone is 2. The van der Waals surface area contributed by atoms with Gasteiger partial charge in [0, 0.05) is 32.8 Å². The maximum atomic E-state index is 13.3. The van der Waals surface area contributed by atoms with Crippen molar-refractivity contribution in [2.24, 2.45) is 11.8 Å². The third-order valence-electron chi connectivity index (χ3n) is 10.4. The number of aliphatic hydroxyl groups is 4. The van der Waals surface area contributed by atoms with Gasteiger partial charge in [-0.1, -0.05) is 38.2 Å². The molecule has 16 atom stereocenters. The summed E-state index contributed by atoms with van der Waals surface area (Å²) in [4.78, 5) is 40.0. The molecule has 0 spiro atoms. The second kappa shape index (κ2) is 20.6. The number of methoxy groups -OCH3 is 1. The van der Waals surface area contributed by atoms with Crippen LogP contribution in [0.1, 0.15) is 80.1 Å². The second-order valence-electron chi connectivity index (χ2n) is 15.1. The molecule has 53 heavy (non-hydrogen) atoms. The molecule has 0 bridgehead atoms. The van der Waals surface area contributed by atoms with Crippen LogP contribution >= 0.6 is 0 Å². The van der Waals surface area contributed by atoms with Crippen LogP contribution in [0.5, 0.6) is 0 Å². The fourth-order valence-electron chi connectivity index (χ4n) is 7.38. The fraction of sp³-hybridized carbons (Fsp3) is 0.816. The van der Waals surface area contributed by atoms with E-state index < -0.39 is 109 Å². The highest BCUT2D eigenvalue weighted by molar-refractivity contribution is 5.72. The Morgan fingerprint density at radius 1 is 1.04 bits per heavy atom. The molecular weight excluding hydrogens is 694 g/mol. The van der Waals surface area contributed by atoms with Crippen LogP contribution in [-0.2, 0) is 47.5 Å². The Balaban J connectivity index is 2.04. The van der Waals surface area contributed by atoms with Gasteiger partial charge in [-0.15, -0.1) is 0 Å². The highest BCUT2D eigenvalue weighted by atomic mass is 16.7. The van der Waals surface area contributed by atoms with Crippen molar-refractivity contribution in [2.45, 2.75) is 165 Å². The topological polar surface area (TPSA) is 200 Å². The Labute approximate surface area is 313 Å². The lowest BCUT2D eigenvalue weighted by Gasteiger charge is -2.50. The number of hydrogen-bond acceptors (Lipinski definition) is 15. The highest BCUT2D eigenvalue weighted by Crippen LogP contribution is 2.37. The first-order valence-electron chi connectivity index (χ1n) is 18.7. The Bertz CT molecular complexity index is 1230. The van der Waals surface area contributed by atoms with Gasteiger partial charge in [0.05, 0.1) is 42.5 Å². The van der Waals surface area contributed by atoms with Crippen LogP contribution in [0.2, 0.25) is 0 Å². The maximum absolute atomic E-state index is 13.3. The summed E-state index contributed by atoms with van der Waals surface area (Å²) >= 11 is 0. The third kappa shape index (κ3) is 12.3. The van der Waals surface area contributed by atoms with Crippen molar-refractivity contribution in [1.82, 2.24) is 4.90 Å². The maximum Gasteiger partial charge on any atom is 0.309 e. The Kier molecular flexibility index (Phi) is 17.5. The molecule has 15 nitrogen and oxygen atoms in total. The van der Waals surface area contributed by atoms with Crippen LogP contribution < -0.4 is 0 Å². The zero-order valence-corrected chi connectivity index (χ0v) is 32.6. The SMILES string of the molecule is CCC(=O)O[C@@H]1CC(=O)O[C@H](C)C/C=C\C=C/[C@H](O)[C@H](C)C[C@H](CC=O)[C@H](O[C@@H]2O[C@H](C)[C@@H](O[C@H]3C[C@@](C)(O)[C@@H](O)[C@H](C)O3)[C@H](N(C)C)[C@H]2O)[C@H]1OC. The lowest BCUT2D eigenvalue weighted by molar-refractivity contribution is -0.344. The number of rotatable bonds is 10. The van der Waals surface area contributed by atoms with Crippen molar-refractivity contribution in [2.75, 3.05) is 21.2 Å². The van der Waals surface area contributed by atoms with Crippen LogP contribution in [0, 0.1) is 11.8 Å². The molecule has 2 saturated heterocycles. The second-order valence-corrected chi connectivity index (χ2v) is 15.1. The van der Waals surface area contributed by atoms with E-state index >= 15 is 0 Å². The minimum atomic E-state index is -1.48. The van der Waals surface area contributed by atoms with E-state index in [-0.39, 0.29) is 32.1 Å². The van der Waals surface area contributed by atoms with Crippen molar-refractivity contribution in [1.29, 1.82) is 0 Å². The molecule has 2 fully saturated rings. The lowest BCUT2D eigenvalue weighted by Crippen LogP contribution is -2.65. The van der Waals surface area contributed by atoms with Gasteiger partial charge in [-0.2, -0.15) is 0 Å². The normalized spacial score (nSPS) is 43.4. The number of aliphatic hydroxyl groups excluding tert-OH is 3. The van der Waals surface area contributed by atoms with Gasteiger partial charge in [-0.25, -0.2) is 0 Å². The van der Waals surface area contributed by atoms with E-state index in [4.69, 9.17) is 33.2 Å². The Hall–Kier alpha value is -2.31. The molecule has 0 radical (unpaired) electrons. The molecule has 0 aromatic carbocycles. The Morgan fingerprint density at radius 3 is 2.34 bits per heavy atom. The summed E-state index contributed by atoms with van der Waals surface area (Å²) < 4.78 is 42.6. The summed E-state index contributed by atoms with van der Waals surface area (Å²) in [6, 6.07) is -0.750. The number of carbonyl (C=O) groups is 3. The number of hydrogen-bond donors (Lipinski definition) is 4. The average Bonchev–Trinajstić information content (AvgIpc) is 3.07. The molecule has 3 heterocycles. The van der Waals surface area contributed by atoms with E-state index in [2.05, 4.69) is 0 Å². The van der Waals surface area contributed by atoms with E-state index in [1.807, 2.05) is 13.0 Å². The molecule has 4 N–H and O–H groups in total. The zero-order valence-electron chi connectivity index (χ0n) is 32.6. The molecule has 0 aliphatic carbocycles. The first-order chi connectivity index (χ1) is 24.9. The summed E-state index contributed by atoms with van der Waals surface area (Å²) in [6.45, 7) is 10.0. The predicted molar refractivity (Wildman–Crippen MR) is 191 cm³/mol. The van der Waals surface area contributed by atoms with Crippen LogP contribution in [-0.4, -0.2) is 150 Å². The van der Waals surface area contributed by atoms with Crippen LogP contribution in [0.15, 0.2) is 24.3 Å². The van der Waals surface area contributed by atoms with Crippen LogP contribution in [0.3, 0.4) is 0 Å². The van der Waals surface area contributed by atoms with Crippen LogP contribution in [0.4, 0.5) is 0 Å². The molecule has 3 aliphatic heterocycles. The number of ether oxygens (including phenoxy) is 7. The number of esters is 2. The number of likely N-dealkylation sites (N-methyl/N-ethyl adjacent to an activating group) is 1. The summed E-state index contributed by atoms with van der Waals surface area (Å²) in [5.74, 6) is -2.31. The first kappa shape index (κ1) is 45.1. The highest BCUT2D eigenvalue weighted by Gasteiger charge is 2.52. The number of carbonyl (C=O) groups excluding carboxylic acids is 3. The molecule has 0 saturated carbocycles. The summed E-state index contributed by atoms with van der Waals surface area (Å²) in [6.07, 6.45) is -4.13. The van der Waals surface area contributed by atoms with E-state index in [0.717, 1.165) is 6.29 Å². The Morgan fingerprint density at radius 2 is 1.74 bits per heavy atom. The molecule has 304 valence electrons. The van der Waals surface area contributed by atoms with Gasteiger partial charge < -0.3 is 63.3 Å². The number of aldehydes is 1. The molecule has 0 aromatic rings. The standard InChI is InChI=1S/C38H63NO14/c1-10-28(42)51-27-19-29(43)48-22(3)14-12-11-13-15-26(41)21(2)18-25(16-17-40)34(35(27)47-9)53-37-32(44)31(39(7)8)33(23(4)50-37)52-30-20-38(6,46)36(45)24(5)49-30/h11-13,15,17,21-27,30-37,41,44-46H,10,14,16,18-20H2,1-9H3/b12-11-,15-13-/t21-,22-,23-,24+,25+,26+,27-,30+,31-,32-,33-,34+,35+,36+,37+,38-/m1/s1. The van der Waals surface area contributed by atoms with Gasteiger partial charge in [-0.05, 0) is 60.0 Å². The molecular formula is C38H63NO14. The number of nitrogens with zero attached hydrogens (tertiary/aromatic N) is 1. The van der Waals surface area contributed by atoms with Crippen molar-refractivity contribution < 1.29 is 68.0 Å². The van der Waals surface area contributed by atoms with E-state index in [9.17, 15) is 34.8 Å². The molecule has 15 heteroatoms. The summed E-state index contributed by atoms with van der Waals surface area (Å²) in [5, 5.41) is 44.2. The van der Waals surface area contributed by atoms with Gasteiger partial charge in [-0.3, -0.25) is 9.59 Å². The summed E-state index contributed by atoms with van der Waals surface area (Å²) in [7, 11) is 4.87. The van der Waals surface area contributed by atoms with Crippen molar-refractivity contribution in [3.05, 3.63) is 24.3 Å².